The summed E-state index contributed by atoms with van der Waals surface area (Å²) in [6, 6.07) is 7.92. The zero-order valence-electron chi connectivity index (χ0n) is 9.96. The van der Waals surface area contributed by atoms with Gasteiger partial charge in [-0.15, -0.1) is 11.6 Å². The highest BCUT2D eigenvalue weighted by Gasteiger charge is 2.09. The van der Waals surface area contributed by atoms with Gasteiger partial charge in [0.05, 0.1) is 0 Å². The summed E-state index contributed by atoms with van der Waals surface area (Å²) in [5.41, 5.74) is 2.09. The molecule has 0 aromatic heterocycles. The Labute approximate surface area is 102 Å². The molecule has 0 fully saturated rings. The second-order valence-electron chi connectivity index (χ2n) is 4.04. The zero-order chi connectivity index (χ0) is 12.1. The smallest absolute Gasteiger partial charge is 0.242 e. The lowest BCUT2D eigenvalue weighted by Crippen LogP contribution is -2.20. The van der Waals surface area contributed by atoms with Crippen molar-refractivity contribution in [3.63, 3.8) is 0 Å². The van der Waals surface area contributed by atoms with Crippen molar-refractivity contribution < 1.29 is 4.79 Å². The largest absolute Gasteiger partial charge is 0.325 e. The molecule has 0 heterocycles. The van der Waals surface area contributed by atoms with E-state index in [0.29, 0.717) is 5.92 Å². The van der Waals surface area contributed by atoms with Gasteiger partial charge in [-0.25, -0.2) is 0 Å². The first kappa shape index (κ1) is 13.0. The summed E-state index contributed by atoms with van der Waals surface area (Å²) in [6.45, 7) is 6.01. The number of alkyl halides is 1. The molecule has 0 bridgehead atoms. The Morgan fingerprint density at radius 2 is 1.88 bits per heavy atom. The lowest BCUT2D eigenvalue weighted by atomic mass is 9.99. The van der Waals surface area contributed by atoms with Gasteiger partial charge in [0.25, 0.3) is 0 Å². The molecular formula is C13H18ClNO. The van der Waals surface area contributed by atoms with Gasteiger partial charge >= 0.3 is 0 Å². The highest BCUT2D eigenvalue weighted by molar-refractivity contribution is 6.32. The van der Waals surface area contributed by atoms with Crippen LogP contribution in [0.5, 0.6) is 0 Å². The fourth-order valence-corrected chi connectivity index (χ4v) is 1.43. The number of carbonyl (C=O) groups is 1. The van der Waals surface area contributed by atoms with E-state index in [1.165, 1.54) is 5.56 Å². The average molecular weight is 240 g/mol. The van der Waals surface area contributed by atoms with Crippen LogP contribution < -0.4 is 5.32 Å². The average Bonchev–Trinajstić information content (AvgIpc) is 2.28. The fourth-order valence-electron chi connectivity index (χ4n) is 1.37. The predicted octanol–water partition coefficient (Wildman–Crippen LogP) is 3.77. The van der Waals surface area contributed by atoms with E-state index >= 15 is 0 Å². The van der Waals surface area contributed by atoms with Gasteiger partial charge in [-0.2, -0.15) is 0 Å². The van der Waals surface area contributed by atoms with Crippen LogP contribution in [0.2, 0.25) is 0 Å². The minimum Gasteiger partial charge on any atom is -0.325 e. The van der Waals surface area contributed by atoms with E-state index in [0.717, 1.165) is 12.1 Å². The molecule has 2 nitrogen and oxygen atoms in total. The van der Waals surface area contributed by atoms with Gasteiger partial charge in [0, 0.05) is 5.69 Å². The molecule has 0 aliphatic rings. The third-order valence-electron chi connectivity index (χ3n) is 2.72. The van der Waals surface area contributed by atoms with Gasteiger partial charge in [-0.3, -0.25) is 4.79 Å². The summed E-state index contributed by atoms with van der Waals surface area (Å²) >= 11 is 5.67. The summed E-state index contributed by atoms with van der Waals surface area (Å²) in [4.78, 5) is 11.3. The Bertz CT molecular complexity index is 345. The number of benzene rings is 1. The van der Waals surface area contributed by atoms with Gasteiger partial charge in [0.15, 0.2) is 0 Å². The van der Waals surface area contributed by atoms with Crippen LogP contribution in [0.25, 0.3) is 0 Å². The summed E-state index contributed by atoms with van der Waals surface area (Å²) in [5, 5.41) is 2.25. The molecule has 2 atom stereocenters. The number of hydrogen-bond donors (Lipinski definition) is 1. The molecule has 0 radical (unpaired) electrons. The molecule has 0 aliphatic heterocycles. The van der Waals surface area contributed by atoms with Crippen molar-refractivity contribution in [2.45, 2.75) is 38.5 Å². The molecule has 1 rings (SSSR count). The van der Waals surface area contributed by atoms with Crippen molar-refractivity contribution in [3.8, 4) is 0 Å². The molecule has 0 saturated heterocycles. The lowest BCUT2D eigenvalue weighted by molar-refractivity contribution is -0.115. The van der Waals surface area contributed by atoms with Gasteiger partial charge in [-0.05, 0) is 37.0 Å². The molecule has 1 aromatic carbocycles. The number of rotatable bonds is 4. The summed E-state index contributed by atoms with van der Waals surface area (Å²) in [5.74, 6) is 0.384. The highest BCUT2D eigenvalue weighted by Crippen LogP contribution is 2.20. The number of halogens is 1. The van der Waals surface area contributed by atoms with E-state index in [1.54, 1.807) is 6.92 Å². The first-order chi connectivity index (χ1) is 7.54. The van der Waals surface area contributed by atoms with Crippen LogP contribution in [-0.2, 0) is 4.79 Å². The van der Waals surface area contributed by atoms with Crippen LogP contribution in [0.1, 0.15) is 38.7 Å². The molecular weight excluding hydrogens is 222 g/mol. The SMILES string of the molecule is CC[C@H](C)c1ccc(NC(=O)[C@H](C)Cl)cc1. The molecule has 1 amide bonds. The van der Waals surface area contributed by atoms with Gasteiger partial charge in [-0.1, -0.05) is 26.0 Å². The second kappa shape index (κ2) is 5.90. The standard InChI is InChI=1S/C13H18ClNO/c1-4-9(2)11-5-7-12(8-6-11)15-13(16)10(3)14/h5-10H,4H2,1-3H3,(H,15,16)/t9-,10-/m0/s1. The normalized spacial score (nSPS) is 14.2. The minimum absolute atomic E-state index is 0.169. The maximum atomic E-state index is 11.3. The second-order valence-corrected chi connectivity index (χ2v) is 4.69. The number of carbonyl (C=O) groups excluding carboxylic acids is 1. The van der Waals surface area contributed by atoms with Crippen molar-refractivity contribution in [1.82, 2.24) is 0 Å². The van der Waals surface area contributed by atoms with Crippen molar-refractivity contribution in [1.29, 1.82) is 0 Å². The zero-order valence-corrected chi connectivity index (χ0v) is 10.7. The summed E-state index contributed by atoms with van der Waals surface area (Å²) in [6.07, 6.45) is 1.12. The Morgan fingerprint density at radius 3 is 2.31 bits per heavy atom. The number of hydrogen-bond acceptors (Lipinski definition) is 1. The van der Waals surface area contributed by atoms with E-state index in [4.69, 9.17) is 11.6 Å². The van der Waals surface area contributed by atoms with Crippen LogP contribution in [0.15, 0.2) is 24.3 Å². The van der Waals surface area contributed by atoms with Gasteiger partial charge in [0.1, 0.15) is 5.38 Å². The predicted molar refractivity (Wildman–Crippen MR) is 69.1 cm³/mol. The first-order valence-corrected chi connectivity index (χ1v) is 6.03. The summed E-state index contributed by atoms with van der Waals surface area (Å²) < 4.78 is 0. The topological polar surface area (TPSA) is 29.1 Å². The Morgan fingerprint density at radius 1 is 1.31 bits per heavy atom. The van der Waals surface area contributed by atoms with Crippen LogP contribution in [-0.4, -0.2) is 11.3 Å². The monoisotopic (exact) mass is 239 g/mol. The lowest BCUT2D eigenvalue weighted by Gasteiger charge is -2.11. The Hall–Kier alpha value is -1.02. The van der Waals surface area contributed by atoms with Crippen LogP contribution in [0.4, 0.5) is 5.69 Å². The Balaban J connectivity index is 2.68. The minimum atomic E-state index is -0.505. The quantitative estimate of drug-likeness (QED) is 0.797. The highest BCUT2D eigenvalue weighted by atomic mass is 35.5. The molecule has 0 unspecified atom stereocenters. The van der Waals surface area contributed by atoms with Crippen molar-refractivity contribution in [2.24, 2.45) is 0 Å². The molecule has 0 aliphatic carbocycles. The van der Waals surface area contributed by atoms with Crippen LogP contribution in [0, 0.1) is 0 Å². The molecule has 3 heteroatoms. The number of nitrogens with one attached hydrogen (secondary N) is 1. The maximum absolute atomic E-state index is 11.3. The molecule has 0 spiro atoms. The van der Waals surface area contributed by atoms with Crippen LogP contribution >= 0.6 is 11.6 Å². The van der Waals surface area contributed by atoms with E-state index < -0.39 is 5.38 Å². The Kier molecular flexibility index (Phi) is 4.81. The fraction of sp³-hybridized carbons (Fsp3) is 0.462. The van der Waals surface area contributed by atoms with Gasteiger partial charge in [0.2, 0.25) is 5.91 Å². The molecule has 0 saturated carbocycles. The van der Waals surface area contributed by atoms with Gasteiger partial charge < -0.3 is 5.32 Å². The van der Waals surface area contributed by atoms with E-state index in [1.807, 2.05) is 24.3 Å². The van der Waals surface area contributed by atoms with E-state index in [9.17, 15) is 4.79 Å². The molecule has 1 N–H and O–H groups in total. The summed E-state index contributed by atoms with van der Waals surface area (Å²) in [7, 11) is 0. The van der Waals surface area contributed by atoms with Crippen molar-refractivity contribution in [2.75, 3.05) is 5.32 Å². The molecule has 88 valence electrons. The van der Waals surface area contributed by atoms with Crippen LogP contribution in [0.3, 0.4) is 0 Å². The van der Waals surface area contributed by atoms with E-state index in [-0.39, 0.29) is 5.91 Å². The number of anilines is 1. The van der Waals surface area contributed by atoms with Crippen molar-refractivity contribution in [3.05, 3.63) is 29.8 Å². The maximum Gasteiger partial charge on any atom is 0.242 e. The molecule has 16 heavy (non-hydrogen) atoms. The van der Waals surface area contributed by atoms with E-state index in [2.05, 4.69) is 19.2 Å². The first-order valence-electron chi connectivity index (χ1n) is 5.59. The van der Waals surface area contributed by atoms with Crippen molar-refractivity contribution >= 4 is 23.2 Å². The third kappa shape index (κ3) is 3.53. The molecule has 1 aromatic rings. The third-order valence-corrected chi connectivity index (χ3v) is 2.92. The number of amides is 1.